The van der Waals surface area contributed by atoms with Crippen molar-refractivity contribution in [2.75, 3.05) is 0 Å². The number of hydrogen-bond acceptors (Lipinski definition) is 2. The van der Waals surface area contributed by atoms with E-state index in [9.17, 15) is 4.39 Å². The predicted octanol–water partition coefficient (Wildman–Crippen LogP) is 1.20. The van der Waals surface area contributed by atoms with Gasteiger partial charge in [0.1, 0.15) is 6.17 Å². The molecule has 0 saturated carbocycles. The molecule has 1 rings (SSSR count). The topological polar surface area (TPSA) is 38.0 Å². The van der Waals surface area contributed by atoms with E-state index in [2.05, 4.69) is 19.2 Å². The molecule has 0 aromatic heterocycles. The van der Waals surface area contributed by atoms with Gasteiger partial charge in [0.05, 0.1) is 0 Å². The van der Waals surface area contributed by atoms with Crippen molar-refractivity contribution in [1.82, 2.24) is 5.32 Å². The van der Waals surface area contributed by atoms with Crippen molar-refractivity contribution in [1.29, 1.82) is 0 Å². The van der Waals surface area contributed by atoms with E-state index in [4.69, 9.17) is 5.73 Å². The first-order valence-electron chi connectivity index (χ1n) is 4.44. The molecule has 3 heteroatoms. The van der Waals surface area contributed by atoms with Gasteiger partial charge in [-0.05, 0) is 34.1 Å². The van der Waals surface area contributed by atoms with Gasteiger partial charge < -0.3 is 11.1 Å². The van der Waals surface area contributed by atoms with Gasteiger partial charge in [-0.2, -0.15) is 0 Å². The van der Waals surface area contributed by atoms with Crippen molar-refractivity contribution in [3.05, 3.63) is 0 Å². The standard InChI is InChI=1S/C9H19FN2/c1-8(2)5-6(11)7(10)9(3,4)12-8/h6-7,12H,5,11H2,1-4H3/t6-,7-/m1/s1. The first-order valence-corrected chi connectivity index (χ1v) is 4.44. The average molecular weight is 174 g/mol. The zero-order valence-corrected chi connectivity index (χ0v) is 8.32. The summed E-state index contributed by atoms with van der Waals surface area (Å²) in [4.78, 5) is 0. The minimum Gasteiger partial charge on any atom is -0.325 e. The maximum Gasteiger partial charge on any atom is 0.133 e. The molecule has 12 heavy (non-hydrogen) atoms. The minimum absolute atomic E-state index is 0.0501. The number of alkyl halides is 1. The number of nitrogens with two attached hydrogens (primary N) is 1. The SMILES string of the molecule is CC1(C)C[C@@H](N)[C@@H](F)C(C)(C)N1. The zero-order chi connectivity index (χ0) is 9.57. The summed E-state index contributed by atoms with van der Waals surface area (Å²) in [5.41, 5.74) is 5.17. The molecule has 0 aromatic carbocycles. The minimum atomic E-state index is -0.953. The van der Waals surface area contributed by atoms with Crippen molar-refractivity contribution in [3.8, 4) is 0 Å². The lowest BCUT2D eigenvalue weighted by Crippen LogP contribution is -2.67. The number of halogens is 1. The molecular formula is C9H19FN2. The van der Waals surface area contributed by atoms with Crippen LogP contribution in [0.3, 0.4) is 0 Å². The fourth-order valence-electron chi connectivity index (χ4n) is 2.22. The van der Waals surface area contributed by atoms with Crippen LogP contribution in [0.1, 0.15) is 34.1 Å². The maximum absolute atomic E-state index is 13.5. The van der Waals surface area contributed by atoms with Gasteiger partial charge in [0.2, 0.25) is 0 Å². The Morgan fingerprint density at radius 2 is 1.83 bits per heavy atom. The molecule has 0 aliphatic carbocycles. The van der Waals surface area contributed by atoms with E-state index in [-0.39, 0.29) is 11.6 Å². The fourth-order valence-corrected chi connectivity index (χ4v) is 2.22. The first kappa shape index (κ1) is 9.93. The van der Waals surface area contributed by atoms with Crippen LogP contribution in [0.2, 0.25) is 0 Å². The van der Waals surface area contributed by atoms with Crippen LogP contribution in [-0.4, -0.2) is 23.3 Å². The summed E-state index contributed by atoms with van der Waals surface area (Å²) in [5.74, 6) is 0. The molecule has 1 fully saturated rings. The molecule has 1 saturated heterocycles. The van der Waals surface area contributed by atoms with Crippen LogP contribution >= 0.6 is 0 Å². The highest BCUT2D eigenvalue weighted by molar-refractivity contribution is 5.04. The number of piperidine rings is 1. The molecular weight excluding hydrogens is 155 g/mol. The van der Waals surface area contributed by atoms with Gasteiger partial charge in [-0.15, -0.1) is 0 Å². The molecule has 1 aliphatic rings. The third kappa shape index (κ3) is 1.77. The summed E-state index contributed by atoms with van der Waals surface area (Å²) in [6.45, 7) is 7.83. The summed E-state index contributed by atoms with van der Waals surface area (Å²) >= 11 is 0. The van der Waals surface area contributed by atoms with E-state index in [1.54, 1.807) is 0 Å². The fraction of sp³-hybridized carbons (Fsp3) is 1.00. The normalized spacial score (nSPS) is 39.5. The summed E-state index contributed by atoms with van der Waals surface area (Å²) in [5, 5.41) is 3.26. The van der Waals surface area contributed by atoms with E-state index in [1.807, 2.05) is 13.8 Å². The molecule has 0 spiro atoms. The first-order chi connectivity index (χ1) is 5.25. The van der Waals surface area contributed by atoms with Gasteiger partial charge in [0.25, 0.3) is 0 Å². The van der Waals surface area contributed by atoms with Crippen LogP contribution in [0.25, 0.3) is 0 Å². The quantitative estimate of drug-likeness (QED) is 0.579. The Kier molecular flexibility index (Phi) is 2.21. The van der Waals surface area contributed by atoms with Gasteiger partial charge in [-0.25, -0.2) is 4.39 Å². The Morgan fingerprint density at radius 1 is 1.33 bits per heavy atom. The molecule has 0 radical (unpaired) electrons. The van der Waals surface area contributed by atoms with Gasteiger partial charge >= 0.3 is 0 Å². The summed E-state index contributed by atoms with van der Waals surface area (Å²) in [6.07, 6.45) is -0.261. The van der Waals surface area contributed by atoms with E-state index in [0.717, 1.165) is 0 Å². The zero-order valence-electron chi connectivity index (χ0n) is 8.32. The smallest absolute Gasteiger partial charge is 0.133 e. The summed E-state index contributed by atoms with van der Waals surface area (Å²) in [7, 11) is 0. The Balaban J connectivity index is 2.80. The Morgan fingerprint density at radius 3 is 2.25 bits per heavy atom. The molecule has 72 valence electrons. The van der Waals surface area contributed by atoms with E-state index < -0.39 is 11.7 Å². The highest BCUT2D eigenvalue weighted by Gasteiger charge is 2.44. The third-order valence-corrected chi connectivity index (χ3v) is 2.47. The van der Waals surface area contributed by atoms with Crippen molar-refractivity contribution >= 4 is 0 Å². The number of hydrogen-bond donors (Lipinski definition) is 2. The second-order valence-electron chi connectivity index (χ2n) is 5.00. The molecule has 0 aromatic rings. The molecule has 1 aliphatic heterocycles. The second-order valence-corrected chi connectivity index (χ2v) is 5.00. The maximum atomic E-state index is 13.5. The van der Waals surface area contributed by atoms with Gasteiger partial charge in [-0.1, -0.05) is 0 Å². The highest BCUT2D eigenvalue weighted by atomic mass is 19.1. The van der Waals surface area contributed by atoms with Crippen molar-refractivity contribution in [2.45, 2.75) is 57.4 Å². The Bertz CT molecular complexity index is 177. The molecule has 0 unspecified atom stereocenters. The average Bonchev–Trinajstić information content (AvgIpc) is 1.79. The highest BCUT2D eigenvalue weighted by Crippen LogP contribution is 2.29. The van der Waals surface area contributed by atoms with Crippen LogP contribution in [0.15, 0.2) is 0 Å². The van der Waals surface area contributed by atoms with Crippen LogP contribution in [0.4, 0.5) is 4.39 Å². The largest absolute Gasteiger partial charge is 0.325 e. The molecule has 2 nitrogen and oxygen atoms in total. The van der Waals surface area contributed by atoms with Crippen molar-refractivity contribution in [3.63, 3.8) is 0 Å². The summed E-state index contributed by atoms with van der Waals surface area (Å²) in [6, 6.07) is -0.337. The third-order valence-electron chi connectivity index (χ3n) is 2.47. The van der Waals surface area contributed by atoms with E-state index >= 15 is 0 Å². The lowest BCUT2D eigenvalue weighted by molar-refractivity contribution is 0.0587. The Labute approximate surface area is 73.7 Å². The van der Waals surface area contributed by atoms with Crippen LogP contribution < -0.4 is 11.1 Å². The van der Waals surface area contributed by atoms with Crippen LogP contribution in [0, 0.1) is 0 Å². The predicted molar refractivity (Wildman–Crippen MR) is 48.8 cm³/mol. The Hall–Kier alpha value is -0.150. The van der Waals surface area contributed by atoms with Gasteiger partial charge in [0.15, 0.2) is 0 Å². The van der Waals surface area contributed by atoms with Crippen molar-refractivity contribution in [2.24, 2.45) is 5.73 Å². The molecule has 0 amide bonds. The van der Waals surface area contributed by atoms with Crippen molar-refractivity contribution < 1.29 is 4.39 Å². The van der Waals surface area contributed by atoms with E-state index in [1.165, 1.54) is 0 Å². The molecule has 1 heterocycles. The lowest BCUT2D eigenvalue weighted by Gasteiger charge is -2.47. The number of nitrogens with one attached hydrogen (secondary N) is 1. The number of rotatable bonds is 0. The monoisotopic (exact) mass is 174 g/mol. The van der Waals surface area contributed by atoms with Gasteiger partial charge in [0, 0.05) is 17.1 Å². The molecule has 3 N–H and O–H groups in total. The lowest BCUT2D eigenvalue weighted by atomic mass is 9.78. The molecule has 2 atom stereocenters. The summed E-state index contributed by atoms with van der Waals surface area (Å²) < 4.78 is 13.5. The second kappa shape index (κ2) is 2.67. The molecule has 0 bridgehead atoms. The van der Waals surface area contributed by atoms with Gasteiger partial charge in [-0.3, -0.25) is 0 Å². The van der Waals surface area contributed by atoms with Crippen LogP contribution in [-0.2, 0) is 0 Å². The van der Waals surface area contributed by atoms with E-state index in [0.29, 0.717) is 6.42 Å². The van der Waals surface area contributed by atoms with Crippen LogP contribution in [0.5, 0.6) is 0 Å².